The van der Waals surface area contributed by atoms with E-state index in [1.165, 1.54) is 12.1 Å². The summed E-state index contributed by atoms with van der Waals surface area (Å²) in [5, 5.41) is 0. The Bertz CT molecular complexity index is 1420. The lowest BCUT2D eigenvalue weighted by Gasteiger charge is -2.44. The van der Waals surface area contributed by atoms with Crippen molar-refractivity contribution in [3.63, 3.8) is 0 Å². The summed E-state index contributed by atoms with van der Waals surface area (Å²) in [5.41, 5.74) is -5.69. The third-order valence-electron chi connectivity index (χ3n) is 6.75. The molecule has 0 aliphatic rings. The Morgan fingerprint density at radius 1 is 0.463 bits per heavy atom. The van der Waals surface area contributed by atoms with E-state index in [9.17, 15) is 39.5 Å². The highest BCUT2D eigenvalue weighted by Gasteiger charge is 2.43. The SMILES string of the molecule is CC(C)(C)c1ccccc1[B-](c1cccc(C(F)(F)F)n1)(c1cccc(C(F)(F)F)n1)c1cccc(C(F)(F)F)n1. The summed E-state index contributed by atoms with van der Waals surface area (Å²) in [6.45, 7) is 5.27. The van der Waals surface area contributed by atoms with E-state index >= 15 is 0 Å². The zero-order chi connectivity index (χ0) is 30.4. The van der Waals surface area contributed by atoms with Gasteiger partial charge >= 0.3 is 18.5 Å². The van der Waals surface area contributed by atoms with Gasteiger partial charge in [-0.15, -0.1) is 16.8 Å². The highest BCUT2D eigenvalue weighted by atomic mass is 19.4. The van der Waals surface area contributed by atoms with Crippen LogP contribution in [0.25, 0.3) is 0 Å². The molecule has 0 fully saturated rings. The van der Waals surface area contributed by atoms with Crippen LogP contribution in [0.4, 0.5) is 39.5 Å². The molecule has 0 radical (unpaired) electrons. The minimum absolute atomic E-state index is 0.130. The second-order valence-corrected chi connectivity index (χ2v) is 10.5. The molecule has 13 heteroatoms. The molecule has 0 N–H and O–H groups in total. The summed E-state index contributed by atoms with van der Waals surface area (Å²) in [6.07, 6.45) is -18.3. The second kappa shape index (κ2) is 10.2. The highest BCUT2D eigenvalue weighted by Crippen LogP contribution is 2.30. The normalized spacial score (nSPS) is 13.4. The fourth-order valence-electron chi connectivity index (χ4n) is 5.04. The van der Waals surface area contributed by atoms with Gasteiger partial charge < -0.3 is 0 Å². The molecule has 0 saturated heterocycles. The molecule has 216 valence electrons. The topological polar surface area (TPSA) is 38.7 Å². The van der Waals surface area contributed by atoms with Gasteiger partial charge in [-0.2, -0.15) is 45.0 Å². The van der Waals surface area contributed by atoms with Gasteiger partial charge in [0.05, 0.1) is 0 Å². The third kappa shape index (κ3) is 5.80. The molecule has 0 amide bonds. The molecule has 0 bridgehead atoms. The highest BCUT2D eigenvalue weighted by molar-refractivity contribution is 7.19. The average molecular weight is 582 g/mol. The lowest BCUT2D eigenvalue weighted by atomic mass is 9.15. The predicted octanol–water partition coefficient (Wildman–Crippen LogP) is 5.60. The zero-order valence-electron chi connectivity index (χ0n) is 21.8. The van der Waals surface area contributed by atoms with E-state index in [2.05, 4.69) is 15.0 Å². The lowest BCUT2D eigenvalue weighted by Crippen LogP contribution is -2.78. The Morgan fingerprint density at radius 3 is 1.12 bits per heavy atom. The van der Waals surface area contributed by atoms with Crippen LogP contribution in [0.2, 0.25) is 0 Å². The summed E-state index contributed by atoms with van der Waals surface area (Å²) < 4.78 is 125. The maximum absolute atomic E-state index is 13.9. The van der Waals surface area contributed by atoms with Crippen LogP contribution < -0.4 is 22.2 Å². The summed E-state index contributed by atoms with van der Waals surface area (Å²) >= 11 is 0. The van der Waals surface area contributed by atoms with Gasteiger partial charge in [-0.25, -0.2) is 0 Å². The van der Waals surface area contributed by atoms with E-state index < -0.39 is 64.0 Å². The number of pyridine rings is 3. The zero-order valence-corrected chi connectivity index (χ0v) is 21.8. The Morgan fingerprint density at radius 2 is 0.805 bits per heavy atom. The number of nitrogens with zero attached hydrogens (tertiary/aromatic N) is 3. The fourth-order valence-corrected chi connectivity index (χ4v) is 5.04. The first-order valence-electron chi connectivity index (χ1n) is 12.3. The number of benzene rings is 1. The molecular weight excluding hydrogens is 560 g/mol. The van der Waals surface area contributed by atoms with Crippen LogP contribution in [0.15, 0.2) is 78.9 Å². The van der Waals surface area contributed by atoms with Gasteiger partial charge in [0.1, 0.15) is 17.1 Å². The van der Waals surface area contributed by atoms with E-state index in [1.54, 1.807) is 32.9 Å². The van der Waals surface area contributed by atoms with Crippen molar-refractivity contribution in [3.8, 4) is 0 Å². The number of hydrogen-bond donors (Lipinski definition) is 0. The van der Waals surface area contributed by atoms with E-state index in [0.29, 0.717) is 23.8 Å². The van der Waals surface area contributed by atoms with Crippen LogP contribution in [0, 0.1) is 0 Å². The molecule has 41 heavy (non-hydrogen) atoms. The minimum Gasteiger partial charge on any atom is -0.290 e. The molecule has 0 atom stereocenters. The van der Waals surface area contributed by atoms with Gasteiger partial charge in [0.2, 0.25) is 0 Å². The molecule has 0 aliphatic heterocycles. The van der Waals surface area contributed by atoms with Crippen LogP contribution in [0.3, 0.4) is 0 Å². The molecular formula is C28H22BF9N3-. The molecule has 1 aromatic carbocycles. The summed E-state index contributed by atoms with van der Waals surface area (Å²) in [4.78, 5) is 11.4. The summed E-state index contributed by atoms with van der Waals surface area (Å²) in [6, 6.07) is 14.6. The van der Waals surface area contributed by atoms with Crippen molar-refractivity contribution in [3.05, 3.63) is 102 Å². The van der Waals surface area contributed by atoms with Crippen LogP contribution in [-0.4, -0.2) is 21.1 Å². The Labute approximate surface area is 229 Å². The van der Waals surface area contributed by atoms with E-state index in [1.807, 2.05) is 0 Å². The van der Waals surface area contributed by atoms with Gasteiger partial charge in [0.15, 0.2) is 6.15 Å². The van der Waals surface area contributed by atoms with Crippen LogP contribution in [0.5, 0.6) is 0 Å². The number of rotatable bonds is 4. The molecule has 4 aromatic rings. The Kier molecular flexibility index (Phi) is 7.47. The van der Waals surface area contributed by atoms with Crippen molar-refractivity contribution in [1.29, 1.82) is 0 Å². The first kappa shape index (κ1) is 30.1. The molecule has 0 unspecified atom stereocenters. The van der Waals surface area contributed by atoms with Gasteiger partial charge in [-0.3, -0.25) is 15.0 Å². The quantitative estimate of drug-likeness (QED) is 0.232. The average Bonchev–Trinajstić information content (AvgIpc) is 2.88. The standard InChI is InChI=1S/C28H22BF9N3/c1-25(2,3)17-9-4-5-10-18(17)29(22-14-6-11-19(39-22)26(30,31)32,23-15-7-12-20(40-23)27(33,34)35)24-16-8-13-21(41-24)28(36,37)38/h4-16H,1-3H3/q-1. The predicted molar refractivity (Wildman–Crippen MR) is 137 cm³/mol. The number of aromatic nitrogens is 3. The largest absolute Gasteiger partial charge is 0.433 e. The van der Waals surface area contributed by atoms with Crippen molar-refractivity contribution in [2.75, 3.05) is 0 Å². The minimum atomic E-state index is -4.97. The Hall–Kier alpha value is -3.90. The van der Waals surface area contributed by atoms with Gasteiger partial charge in [-0.05, 0) is 23.6 Å². The molecule has 3 aromatic heterocycles. The number of halogens is 9. The smallest absolute Gasteiger partial charge is 0.290 e. The molecule has 0 spiro atoms. The second-order valence-electron chi connectivity index (χ2n) is 10.5. The maximum Gasteiger partial charge on any atom is 0.433 e. The van der Waals surface area contributed by atoms with Crippen LogP contribution in [0.1, 0.15) is 43.4 Å². The van der Waals surface area contributed by atoms with Crippen molar-refractivity contribution in [2.24, 2.45) is 0 Å². The third-order valence-corrected chi connectivity index (χ3v) is 6.75. The molecule has 3 heterocycles. The molecule has 3 nitrogen and oxygen atoms in total. The molecule has 4 rings (SSSR count). The lowest BCUT2D eigenvalue weighted by molar-refractivity contribution is -0.141. The first-order chi connectivity index (χ1) is 18.9. The maximum atomic E-state index is 13.9. The van der Waals surface area contributed by atoms with E-state index in [-0.39, 0.29) is 5.46 Å². The summed E-state index contributed by atoms with van der Waals surface area (Å²) in [5.74, 6) is 0. The fraction of sp³-hybridized carbons (Fsp3) is 0.250. The van der Waals surface area contributed by atoms with Crippen molar-refractivity contribution in [1.82, 2.24) is 15.0 Å². The van der Waals surface area contributed by atoms with Crippen molar-refractivity contribution >= 4 is 28.4 Å². The molecule has 0 saturated carbocycles. The van der Waals surface area contributed by atoms with Crippen LogP contribution >= 0.6 is 0 Å². The number of alkyl halides is 9. The monoisotopic (exact) mass is 582 g/mol. The van der Waals surface area contributed by atoms with Crippen molar-refractivity contribution < 1.29 is 39.5 Å². The first-order valence-corrected chi connectivity index (χ1v) is 12.3. The van der Waals surface area contributed by atoms with Gasteiger partial charge in [0.25, 0.3) is 0 Å². The molecule has 0 aliphatic carbocycles. The number of hydrogen-bond acceptors (Lipinski definition) is 3. The van der Waals surface area contributed by atoms with Crippen molar-refractivity contribution in [2.45, 2.75) is 44.7 Å². The van der Waals surface area contributed by atoms with Gasteiger partial charge in [0, 0.05) is 0 Å². The van der Waals surface area contributed by atoms with Gasteiger partial charge in [-0.1, -0.05) is 87.0 Å². The Balaban J connectivity index is 2.30. The summed E-state index contributed by atoms with van der Waals surface area (Å²) in [7, 11) is 0. The van der Waals surface area contributed by atoms with E-state index in [4.69, 9.17) is 0 Å². The van der Waals surface area contributed by atoms with E-state index in [0.717, 1.165) is 36.4 Å². The van der Waals surface area contributed by atoms with Crippen LogP contribution in [-0.2, 0) is 23.9 Å².